The molecular weight excluding hydrogens is 360 g/mol. The average molecular weight is 380 g/mol. The topological polar surface area (TPSA) is 101 Å². The fourth-order valence-electron chi connectivity index (χ4n) is 4.20. The predicted molar refractivity (Wildman–Crippen MR) is 104 cm³/mol. The number of methoxy groups -OCH3 is 1. The third-order valence-corrected chi connectivity index (χ3v) is 5.36. The molecule has 0 atom stereocenters. The van der Waals surface area contributed by atoms with E-state index in [0.29, 0.717) is 24.4 Å². The largest absolute Gasteiger partial charge is 0.496 e. The van der Waals surface area contributed by atoms with Crippen molar-refractivity contribution < 1.29 is 24.5 Å². The molecule has 144 valence electrons. The monoisotopic (exact) mass is 380 g/mol. The van der Waals surface area contributed by atoms with Crippen molar-refractivity contribution in [2.24, 2.45) is 4.99 Å². The van der Waals surface area contributed by atoms with Crippen LogP contribution in [0.15, 0.2) is 29.3 Å². The van der Waals surface area contributed by atoms with Gasteiger partial charge in [-0.15, -0.1) is 0 Å². The summed E-state index contributed by atoms with van der Waals surface area (Å²) >= 11 is 0. The maximum atomic E-state index is 12.0. The van der Waals surface area contributed by atoms with Crippen LogP contribution in [0, 0.1) is 0 Å². The summed E-state index contributed by atoms with van der Waals surface area (Å²) in [5, 5.41) is 19.0. The Morgan fingerprint density at radius 1 is 1.21 bits per heavy atom. The molecule has 2 aliphatic rings. The zero-order chi connectivity index (χ0) is 20.0. The van der Waals surface area contributed by atoms with E-state index in [1.165, 1.54) is 7.11 Å². The summed E-state index contributed by atoms with van der Waals surface area (Å²) in [5.41, 5.74) is 5.80. The fraction of sp³-hybridized carbons (Fsp3) is 0.286. The summed E-state index contributed by atoms with van der Waals surface area (Å²) in [4.78, 5) is 27.8. The SMILES string of the molecule is COc1ccc2c(c1C(=CC(=O)O)C(=O)O)-c1c(cc3n1CCN=C3C)CC2. The van der Waals surface area contributed by atoms with Gasteiger partial charge in [0.1, 0.15) is 5.75 Å². The Balaban J connectivity index is 2.08. The maximum Gasteiger partial charge on any atom is 0.336 e. The van der Waals surface area contributed by atoms with E-state index in [4.69, 9.17) is 4.74 Å². The van der Waals surface area contributed by atoms with E-state index in [0.717, 1.165) is 52.7 Å². The lowest BCUT2D eigenvalue weighted by molar-refractivity contribution is -0.133. The second-order valence-corrected chi connectivity index (χ2v) is 6.90. The van der Waals surface area contributed by atoms with Gasteiger partial charge in [0, 0.05) is 23.7 Å². The minimum absolute atomic E-state index is 0.286. The van der Waals surface area contributed by atoms with Crippen LogP contribution in [-0.4, -0.2) is 46.1 Å². The molecule has 4 rings (SSSR count). The molecule has 7 heteroatoms. The smallest absolute Gasteiger partial charge is 0.336 e. The van der Waals surface area contributed by atoms with E-state index in [1.807, 2.05) is 13.0 Å². The van der Waals surface area contributed by atoms with Crippen molar-refractivity contribution >= 4 is 23.2 Å². The lowest BCUT2D eigenvalue weighted by Gasteiger charge is -2.25. The first-order valence-electron chi connectivity index (χ1n) is 9.04. The first-order chi connectivity index (χ1) is 13.4. The molecule has 1 aliphatic carbocycles. The summed E-state index contributed by atoms with van der Waals surface area (Å²) in [7, 11) is 1.46. The minimum Gasteiger partial charge on any atom is -0.496 e. The van der Waals surface area contributed by atoms with Gasteiger partial charge < -0.3 is 19.5 Å². The van der Waals surface area contributed by atoms with Crippen molar-refractivity contribution in [3.8, 4) is 17.0 Å². The van der Waals surface area contributed by atoms with Crippen molar-refractivity contribution in [3.63, 3.8) is 0 Å². The van der Waals surface area contributed by atoms with E-state index >= 15 is 0 Å². The number of nitrogens with zero attached hydrogens (tertiary/aromatic N) is 2. The van der Waals surface area contributed by atoms with Gasteiger partial charge in [-0.1, -0.05) is 6.07 Å². The highest BCUT2D eigenvalue weighted by atomic mass is 16.5. The van der Waals surface area contributed by atoms with Gasteiger partial charge in [-0.25, -0.2) is 9.59 Å². The Morgan fingerprint density at radius 3 is 2.64 bits per heavy atom. The molecule has 0 spiro atoms. The summed E-state index contributed by atoms with van der Waals surface area (Å²) in [6.07, 6.45) is 2.33. The Morgan fingerprint density at radius 2 is 1.96 bits per heavy atom. The lowest BCUT2D eigenvalue weighted by atomic mass is 9.84. The molecule has 0 unspecified atom stereocenters. The molecule has 28 heavy (non-hydrogen) atoms. The van der Waals surface area contributed by atoms with Gasteiger partial charge in [0.05, 0.1) is 36.3 Å². The average Bonchev–Trinajstić information content (AvgIpc) is 3.05. The minimum atomic E-state index is -1.31. The number of carbonyl (C=O) groups is 2. The molecule has 2 heterocycles. The summed E-state index contributed by atoms with van der Waals surface area (Å²) in [5.74, 6) is -2.27. The van der Waals surface area contributed by atoms with Crippen LogP contribution in [0.1, 0.15) is 29.3 Å². The molecular formula is C21H20N2O5. The normalized spacial score (nSPS) is 15.2. The zero-order valence-corrected chi connectivity index (χ0v) is 15.7. The Bertz CT molecular complexity index is 1070. The summed E-state index contributed by atoms with van der Waals surface area (Å²) < 4.78 is 7.62. The zero-order valence-electron chi connectivity index (χ0n) is 15.7. The van der Waals surface area contributed by atoms with Crippen molar-refractivity contribution in [2.45, 2.75) is 26.3 Å². The number of aliphatic carboxylic acids is 2. The van der Waals surface area contributed by atoms with Crippen molar-refractivity contribution in [1.82, 2.24) is 4.57 Å². The highest BCUT2D eigenvalue weighted by Gasteiger charge is 2.31. The van der Waals surface area contributed by atoms with E-state index in [-0.39, 0.29) is 5.57 Å². The molecule has 2 N–H and O–H groups in total. The van der Waals surface area contributed by atoms with Crippen LogP contribution in [0.3, 0.4) is 0 Å². The number of aryl methyl sites for hydroxylation is 2. The first-order valence-corrected chi connectivity index (χ1v) is 9.04. The molecule has 1 aromatic heterocycles. The second kappa shape index (κ2) is 6.67. The van der Waals surface area contributed by atoms with Crippen LogP contribution < -0.4 is 4.74 Å². The predicted octanol–water partition coefficient (Wildman–Crippen LogP) is 2.64. The number of benzene rings is 1. The maximum absolute atomic E-state index is 12.0. The van der Waals surface area contributed by atoms with Gasteiger partial charge in [0.15, 0.2) is 0 Å². The molecule has 1 aliphatic heterocycles. The number of ether oxygens (including phenoxy) is 1. The van der Waals surface area contributed by atoms with Crippen molar-refractivity contribution in [3.05, 3.63) is 46.7 Å². The molecule has 7 nitrogen and oxygen atoms in total. The number of carboxylic acids is 2. The van der Waals surface area contributed by atoms with Gasteiger partial charge in [-0.2, -0.15) is 0 Å². The van der Waals surface area contributed by atoms with Gasteiger partial charge in [0.25, 0.3) is 0 Å². The standard InChI is InChI=1S/C21H20N2O5/c1-11-15-9-13-4-3-12-5-6-16(28-2)19(14(21(26)27)10-17(24)25)18(12)20(13)23(15)8-7-22-11/h5-6,9-10H,3-4,7-8H2,1-2H3,(H,24,25)(H,26,27). The Labute approximate surface area is 161 Å². The van der Waals surface area contributed by atoms with E-state index < -0.39 is 11.9 Å². The molecule has 1 aromatic carbocycles. The van der Waals surface area contributed by atoms with Gasteiger partial charge >= 0.3 is 11.9 Å². The lowest BCUT2D eigenvalue weighted by Crippen LogP contribution is -2.19. The van der Waals surface area contributed by atoms with Crippen LogP contribution in [0.25, 0.3) is 16.8 Å². The third-order valence-electron chi connectivity index (χ3n) is 5.36. The molecule has 0 radical (unpaired) electrons. The number of fused-ring (bicyclic) bond motifs is 5. The van der Waals surface area contributed by atoms with Gasteiger partial charge in [-0.05, 0) is 43.0 Å². The van der Waals surface area contributed by atoms with Crippen LogP contribution in [-0.2, 0) is 29.0 Å². The number of hydrogen-bond acceptors (Lipinski definition) is 4. The van der Waals surface area contributed by atoms with Crippen LogP contribution in [0.2, 0.25) is 0 Å². The number of aromatic nitrogens is 1. The van der Waals surface area contributed by atoms with Gasteiger partial charge in [-0.3, -0.25) is 4.99 Å². The number of aliphatic imine (C=N–C) groups is 1. The molecule has 2 aromatic rings. The van der Waals surface area contributed by atoms with E-state index in [1.54, 1.807) is 6.07 Å². The van der Waals surface area contributed by atoms with Crippen molar-refractivity contribution in [1.29, 1.82) is 0 Å². The van der Waals surface area contributed by atoms with E-state index in [9.17, 15) is 19.8 Å². The summed E-state index contributed by atoms with van der Waals surface area (Å²) in [6, 6.07) is 5.76. The quantitative estimate of drug-likeness (QED) is 0.794. The van der Waals surface area contributed by atoms with Crippen LogP contribution in [0.5, 0.6) is 5.75 Å². The highest BCUT2D eigenvalue weighted by Crippen LogP contribution is 2.44. The number of rotatable bonds is 4. The molecule has 0 saturated heterocycles. The number of hydrogen-bond donors (Lipinski definition) is 2. The number of carboxylic acid groups (broad SMARTS) is 2. The fourth-order valence-corrected chi connectivity index (χ4v) is 4.20. The summed E-state index contributed by atoms with van der Waals surface area (Å²) in [6.45, 7) is 3.32. The molecule has 0 saturated carbocycles. The Kier molecular flexibility index (Phi) is 4.30. The highest BCUT2D eigenvalue weighted by molar-refractivity contribution is 6.22. The van der Waals surface area contributed by atoms with Crippen LogP contribution >= 0.6 is 0 Å². The van der Waals surface area contributed by atoms with Crippen molar-refractivity contribution in [2.75, 3.05) is 13.7 Å². The van der Waals surface area contributed by atoms with E-state index in [2.05, 4.69) is 15.6 Å². The molecule has 0 amide bonds. The third kappa shape index (κ3) is 2.70. The first kappa shape index (κ1) is 18.0. The van der Waals surface area contributed by atoms with Gasteiger partial charge in [0.2, 0.25) is 0 Å². The Hall–Kier alpha value is -3.35. The second-order valence-electron chi connectivity index (χ2n) is 6.90. The molecule has 0 bridgehead atoms. The van der Waals surface area contributed by atoms with Crippen LogP contribution in [0.4, 0.5) is 0 Å². The molecule has 0 fully saturated rings.